The lowest BCUT2D eigenvalue weighted by atomic mass is 9.98. The van der Waals surface area contributed by atoms with Gasteiger partial charge in [-0.2, -0.15) is 5.10 Å². The van der Waals surface area contributed by atoms with Crippen LogP contribution in [0.3, 0.4) is 0 Å². The zero-order valence-electron chi connectivity index (χ0n) is 13.7. The molecule has 0 aromatic carbocycles. The smallest absolute Gasteiger partial charge is 0.252 e. The van der Waals surface area contributed by atoms with Crippen LogP contribution >= 0.6 is 0 Å². The molecule has 3 heterocycles. The third-order valence-electron chi connectivity index (χ3n) is 4.19. The van der Waals surface area contributed by atoms with E-state index >= 15 is 0 Å². The highest BCUT2D eigenvalue weighted by Gasteiger charge is 2.13. The van der Waals surface area contributed by atoms with E-state index in [1.807, 2.05) is 19.9 Å². The van der Waals surface area contributed by atoms with Crippen molar-refractivity contribution in [3.63, 3.8) is 0 Å². The molecule has 1 fully saturated rings. The van der Waals surface area contributed by atoms with Gasteiger partial charge in [-0.1, -0.05) is 0 Å². The van der Waals surface area contributed by atoms with Crippen LogP contribution < -0.4 is 16.2 Å². The Kier molecular flexibility index (Phi) is 4.88. The number of hydrogen-bond donors (Lipinski definition) is 3. The number of H-pyrrole nitrogens is 1. The van der Waals surface area contributed by atoms with Crippen molar-refractivity contribution in [3.8, 4) is 5.95 Å². The van der Waals surface area contributed by atoms with E-state index in [4.69, 9.17) is 0 Å². The van der Waals surface area contributed by atoms with Gasteiger partial charge >= 0.3 is 0 Å². The Morgan fingerprint density at radius 1 is 1.30 bits per heavy atom. The lowest BCUT2D eigenvalue weighted by Crippen LogP contribution is -2.33. The van der Waals surface area contributed by atoms with Gasteiger partial charge in [0, 0.05) is 18.3 Å². The highest BCUT2D eigenvalue weighted by molar-refractivity contribution is 5.20. The van der Waals surface area contributed by atoms with Crippen molar-refractivity contribution in [2.24, 2.45) is 5.92 Å². The van der Waals surface area contributed by atoms with Crippen molar-refractivity contribution in [1.29, 1.82) is 0 Å². The van der Waals surface area contributed by atoms with E-state index in [9.17, 15) is 4.79 Å². The van der Waals surface area contributed by atoms with E-state index in [1.165, 1.54) is 12.8 Å². The fourth-order valence-electron chi connectivity index (χ4n) is 3.02. The zero-order valence-corrected chi connectivity index (χ0v) is 13.7. The first-order valence-corrected chi connectivity index (χ1v) is 8.17. The Morgan fingerprint density at radius 3 is 2.78 bits per heavy atom. The van der Waals surface area contributed by atoms with Gasteiger partial charge in [0.05, 0.1) is 11.4 Å². The number of aromatic amines is 1. The molecule has 2 aromatic heterocycles. The van der Waals surface area contributed by atoms with Crippen molar-refractivity contribution in [2.75, 3.05) is 19.6 Å². The van der Waals surface area contributed by atoms with E-state index in [1.54, 1.807) is 10.7 Å². The van der Waals surface area contributed by atoms with Crippen molar-refractivity contribution >= 4 is 0 Å². The van der Waals surface area contributed by atoms with Crippen LogP contribution in [0.25, 0.3) is 5.95 Å². The third kappa shape index (κ3) is 4.05. The third-order valence-corrected chi connectivity index (χ3v) is 4.19. The molecule has 7 nitrogen and oxygen atoms in total. The lowest BCUT2D eigenvalue weighted by Gasteiger charge is -2.22. The summed E-state index contributed by atoms with van der Waals surface area (Å²) in [4.78, 5) is 19.2. The molecule has 0 radical (unpaired) electrons. The minimum Gasteiger partial charge on any atom is -0.317 e. The van der Waals surface area contributed by atoms with Gasteiger partial charge in [-0.3, -0.25) is 9.78 Å². The maximum Gasteiger partial charge on any atom is 0.252 e. The summed E-state index contributed by atoms with van der Waals surface area (Å²) in [5.41, 5.74) is 2.44. The number of aromatic nitrogens is 4. The summed E-state index contributed by atoms with van der Waals surface area (Å²) in [5, 5.41) is 11.2. The predicted octanol–water partition coefficient (Wildman–Crippen LogP) is 0.662. The second-order valence-corrected chi connectivity index (χ2v) is 6.22. The summed E-state index contributed by atoms with van der Waals surface area (Å²) in [6, 6.07) is 3.51. The second-order valence-electron chi connectivity index (χ2n) is 6.22. The SMILES string of the molecule is Cc1cc(C)n(-c2nc(CNCC3CCNCC3)cc(=O)[nH]2)n1. The summed E-state index contributed by atoms with van der Waals surface area (Å²) in [5.74, 6) is 1.18. The summed E-state index contributed by atoms with van der Waals surface area (Å²) in [6.07, 6.45) is 2.40. The molecular formula is C16H24N6O. The van der Waals surface area contributed by atoms with Crippen LogP contribution in [0.1, 0.15) is 29.9 Å². The quantitative estimate of drug-likeness (QED) is 0.754. The predicted molar refractivity (Wildman–Crippen MR) is 88.8 cm³/mol. The number of piperidine rings is 1. The molecule has 0 aliphatic carbocycles. The molecule has 124 valence electrons. The first kappa shape index (κ1) is 15.9. The molecule has 0 spiro atoms. The first-order chi connectivity index (χ1) is 11.1. The fourth-order valence-corrected chi connectivity index (χ4v) is 3.02. The van der Waals surface area contributed by atoms with Crippen molar-refractivity contribution in [2.45, 2.75) is 33.2 Å². The van der Waals surface area contributed by atoms with Gasteiger partial charge in [0.2, 0.25) is 5.95 Å². The van der Waals surface area contributed by atoms with Gasteiger partial charge in [-0.05, 0) is 58.3 Å². The number of nitrogens with one attached hydrogen (secondary N) is 3. The molecular weight excluding hydrogens is 292 g/mol. The van der Waals surface area contributed by atoms with Crippen molar-refractivity contribution < 1.29 is 0 Å². The van der Waals surface area contributed by atoms with Crippen LogP contribution in [0.4, 0.5) is 0 Å². The van der Waals surface area contributed by atoms with Crippen LogP contribution in [0.5, 0.6) is 0 Å². The van der Waals surface area contributed by atoms with Crippen molar-refractivity contribution in [1.82, 2.24) is 30.4 Å². The Bertz CT molecular complexity index is 714. The van der Waals surface area contributed by atoms with Gasteiger partial charge in [0.25, 0.3) is 5.56 Å². The highest BCUT2D eigenvalue weighted by Crippen LogP contribution is 2.10. The second kappa shape index (κ2) is 7.06. The van der Waals surface area contributed by atoms with E-state index in [-0.39, 0.29) is 5.56 Å². The highest BCUT2D eigenvalue weighted by atomic mass is 16.1. The first-order valence-electron chi connectivity index (χ1n) is 8.17. The molecule has 3 rings (SSSR count). The average molecular weight is 316 g/mol. The van der Waals surface area contributed by atoms with Gasteiger partial charge in [-0.15, -0.1) is 0 Å². The number of nitrogens with zero attached hydrogens (tertiary/aromatic N) is 3. The van der Waals surface area contributed by atoms with Crippen LogP contribution in [0, 0.1) is 19.8 Å². The van der Waals surface area contributed by atoms with E-state index in [2.05, 4.69) is 25.7 Å². The monoisotopic (exact) mass is 316 g/mol. The largest absolute Gasteiger partial charge is 0.317 e. The Hall–Kier alpha value is -1.99. The number of hydrogen-bond acceptors (Lipinski definition) is 5. The van der Waals surface area contributed by atoms with Crippen molar-refractivity contribution in [3.05, 3.63) is 39.6 Å². The van der Waals surface area contributed by atoms with Crippen LogP contribution in [-0.4, -0.2) is 39.4 Å². The molecule has 7 heteroatoms. The summed E-state index contributed by atoms with van der Waals surface area (Å²) >= 11 is 0. The minimum absolute atomic E-state index is 0.152. The van der Waals surface area contributed by atoms with Gasteiger partial charge in [-0.25, -0.2) is 9.67 Å². The van der Waals surface area contributed by atoms with Crippen LogP contribution in [0.15, 0.2) is 16.9 Å². The molecule has 23 heavy (non-hydrogen) atoms. The maximum absolute atomic E-state index is 11.9. The van der Waals surface area contributed by atoms with Crippen LogP contribution in [-0.2, 0) is 6.54 Å². The average Bonchev–Trinajstić information content (AvgIpc) is 2.86. The molecule has 0 bridgehead atoms. The molecule has 3 N–H and O–H groups in total. The summed E-state index contributed by atoms with van der Waals surface area (Å²) in [6.45, 7) is 7.62. The molecule has 0 atom stereocenters. The molecule has 1 aliphatic heterocycles. The normalized spacial score (nSPS) is 15.9. The number of rotatable bonds is 5. The Labute approximate surface area is 135 Å². The molecule has 2 aromatic rings. The van der Waals surface area contributed by atoms with Gasteiger partial charge in [0.1, 0.15) is 0 Å². The van der Waals surface area contributed by atoms with Crippen LogP contribution in [0.2, 0.25) is 0 Å². The Balaban J connectivity index is 1.68. The molecule has 0 saturated carbocycles. The minimum atomic E-state index is -0.152. The molecule has 0 unspecified atom stereocenters. The standard InChI is InChI=1S/C16H24N6O/c1-11-7-12(2)22(21-11)16-19-14(8-15(23)20-16)10-18-9-13-3-5-17-6-4-13/h7-8,13,17-18H,3-6,9-10H2,1-2H3,(H,19,20,23). The summed E-state index contributed by atoms with van der Waals surface area (Å²) in [7, 11) is 0. The van der Waals surface area contributed by atoms with Gasteiger partial charge < -0.3 is 10.6 Å². The summed E-state index contributed by atoms with van der Waals surface area (Å²) < 4.78 is 1.67. The molecule has 1 aliphatic rings. The van der Waals surface area contributed by atoms with E-state index in [0.717, 1.165) is 36.7 Å². The topological polar surface area (TPSA) is 87.6 Å². The zero-order chi connectivity index (χ0) is 16.2. The Morgan fingerprint density at radius 2 is 2.09 bits per heavy atom. The molecule has 0 amide bonds. The van der Waals surface area contributed by atoms with E-state index < -0.39 is 0 Å². The van der Waals surface area contributed by atoms with E-state index in [0.29, 0.717) is 18.4 Å². The lowest BCUT2D eigenvalue weighted by molar-refractivity contribution is 0.356. The fraction of sp³-hybridized carbons (Fsp3) is 0.562. The maximum atomic E-state index is 11.9. The molecule has 1 saturated heterocycles. The van der Waals surface area contributed by atoms with Gasteiger partial charge in [0.15, 0.2) is 0 Å². The number of aryl methyl sites for hydroxylation is 2.